The Labute approximate surface area is 247 Å². The summed E-state index contributed by atoms with van der Waals surface area (Å²) in [6.45, 7) is 6.31. The van der Waals surface area contributed by atoms with E-state index in [1.54, 1.807) is 24.4 Å². The molecule has 0 saturated carbocycles. The molecule has 1 saturated heterocycles. The second-order valence-electron chi connectivity index (χ2n) is 9.34. The monoisotopic (exact) mass is 583 g/mol. The van der Waals surface area contributed by atoms with Crippen molar-refractivity contribution in [1.29, 1.82) is 0 Å². The molecule has 1 aliphatic rings. The number of piperazine rings is 1. The van der Waals surface area contributed by atoms with Crippen molar-refractivity contribution in [2.24, 2.45) is 5.73 Å². The van der Waals surface area contributed by atoms with E-state index in [0.29, 0.717) is 17.3 Å². The smallest absolute Gasteiger partial charge is 0.287 e. The molecule has 1 aromatic heterocycles. The van der Waals surface area contributed by atoms with Gasteiger partial charge in [0.1, 0.15) is 6.04 Å². The summed E-state index contributed by atoms with van der Waals surface area (Å²) >= 11 is 0. The van der Waals surface area contributed by atoms with Crippen LogP contribution < -0.4 is 16.4 Å². The average Bonchev–Trinajstić information content (AvgIpc) is 2.96. The van der Waals surface area contributed by atoms with E-state index in [4.69, 9.17) is 5.73 Å². The van der Waals surface area contributed by atoms with Gasteiger partial charge in [0.05, 0.1) is 11.3 Å². The molecule has 0 radical (unpaired) electrons. The third kappa shape index (κ3) is 8.72. The Balaban J connectivity index is 0.00000280. The van der Waals surface area contributed by atoms with E-state index >= 15 is 0 Å². The fourth-order valence-electron chi connectivity index (χ4n) is 4.55. The molecule has 1 fully saturated rings. The molecule has 212 valence electrons. The first-order valence-corrected chi connectivity index (χ1v) is 12.8. The van der Waals surface area contributed by atoms with Crippen LogP contribution in [0, 0.1) is 0 Å². The van der Waals surface area contributed by atoms with Crippen LogP contribution in [0.25, 0.3) is 12.2 Å². The number of ketones is 1. The summed E-state index contributed by atoms with van der Waals surface area (Å²) in [5.41, 5.74) is 9.03. The first-order chi connectivity index (χ1) is 18.4. The summed E-state index contributed by atoms with van der Waals surface area (Å²) in [7, 11) is 0. The van der Waals surface area contributed by atoms with E-state index in [1.165, 1.54) is 5.56 Å². The highest BCUT2D eigenvalue weighted by Crippen LogP contribution is 2.21. The van der Waals surface area contributed by atoms with Gasteiger partial charge in [-0.25, -0.2) is 0 Å². The van der Waals surface area contributed by atoms with Gasteiger partial charge < -0.3 is 16.4 Å². The van der Waals surface area contributed by atoms with Gasteiger partial charge in [-0.05, 0) is 41.8 Å². The summed E-state index contributed by atoms with van der Waals surface area (Å²) in [4.78, 5) is 44.1. The number of benzene rings is 2. The summed E-state index contributed by atoms with van der Waals surface area (Å²) < 4.78 is 0. The van der Waals surface area contributed by atoms with Gasteiger partial charge >= 0.3 is 0 Å². The van der Waals surface area contributed by atoms with Crippen LogP contribution in [-0.2, 0) is 16.0 Å². The minimum Gasteiger partial charge on any atom is -0.363 e. The Morgan fingerprint density at radius 2 is 1.65 bits per heavy atom. The second-order valence-corrected chi connectivity index (χ2v) is 9.34. The van der Waals surface area contributed by atoms with Crippen LogP contribution in [-0.4, -0.2) is 59.7 Å². The van der Waals surface area contributed by atoms with Crippen molar-refractivity contribution >= 4 is 54.6 Å². The zero-order chi connectivity index (χ0) is 26.9. The highest BCUT2D eigenvalue weighted by atomic mass is 35.5. The minimum absolute atomic E-state index is 0. The minimum atomic E-state index is -1.09. The Hall–Kier alpha value is -3.56. The van der Waals surface area contributed by atoms with Gasteiger partial charge in [0.15, 0.2) is 0 Å². The lowest BCUT2D eigenvalue weighted by Crippen LogP contribution is -2.47. The summed E-state index contributed by atoms with van der Waals surface area (Å²) in [5.74, 6) is -2.45. The van der Waals surface area contributed by atoms with Gasteiger partial charge in [-0.1, -0.05) is 60.7 Å². The van der Waals surface area contributed by atoms with E-state index in [2.05, 4.69) is 51.7 Å². The van der Waals surface area contributed by atoms with E-state index in [9.17, 15) is 14.4 Å². The third-order valence-corrected chi connectivity index (χ3v) is 6.78. The molecule has 4 rings (SSSR count). The van der Waals surface area contributed by atoms with Crippen molar-refractivity contribution in [3.05, 3.63) is 101 Å². The number of nitrogens with two attached hydrogens (primary N) is 1. The van der Waals surface area contributed by atoms with Crippen LogP contribution in [0.2, 0.25) is 0 Å². The number of primary amides is 1. The number of nitrogens with zero attached hydrogens (tertiary/aromatic N) is 2. The van der Waals surface area contributed by atoms with Gasteiger partial charge in [-0.2, -0.15) is 0 Å². The molecule has 3 aromatic rings. The van der Waals surface area contributed by atoms with Crippen LogP contribution in [0.4, 0.5) is 0 Å². The van der Waals surface area contributed by atoms with Crippen LogP contribution in [0.3, 0.4) is 0 Å². The van der Waals surface area contributed by atoms with E-state index in [-0.39, 0.29) is 31.2 Å². The zero-order valence-corrected chi connectivity index (χ0v) is 23.9. The van der Waals surface area contributed by atoms with Crippen LogP contribution in [0.15, 0.2) is 72.9 Å². The fraction of sp³-hybridized carbons (Fsp3) is 0.267. The summed E-state index contributed by atoms with van der Waals surface area (Å²) in [6.07, 6.45) is 5.42. The SMILES string of the molecule is CC(c1ccc(/C=C/c2ncccc2C(=O)NC(Cc2ccccc2)C(=O)C(N)=O)cc1)N1CCNCC1.Cl.Cl. The molecule has 8 nitrogen and oxygen atoms in total. The number of hydrogen-bond donors (Lipinski definition) is 3. The molecule has 0 bridgehead atoms. The molecule has 2 atom stereocenters. The number of amides is 2. The van der Waals surface area contributed by atoms with Crippen molar-refractivity contribution in [2.75, 3.05) is 26.2 Å². The molecule has 40 heavy (non-hydrogen) atoms. The molecule has 0 aliphatic carbocycles. The Bertz CT molecular complexity index is 1300. The predicted octanol–water partition coefficient (Wildman–Crippen LogP) is 3.46. The summed E-state index contributed by atoms with van der Waals surface area (Å²) in [6, 6.07) is 20.0. The maximum Gasteiger partial charge on any atom is 0.287 e. The third-order valence-electron chi connectivity index (χ3n) is 6.78. The lowest BCUT2D eigenvalue weighted by molar-refractivity contribution is -0.137. The van der Waals surface area contributed by atoms with E-state index in [1.807, 2.05) is 36.4 Å². The first-order valence-electron chi connectivity index (χ1n) is 12.8. The molecule has 4 N–H and O–H groups in total. The number of aromatic nitrogens is 1. The molecule has 2 amide bonds. The Morgan fingerprint density at radius 1 is 0.975 bits per heavy atom. The number of rotatable bonds is 10. The molecular weight excluding hydrogens is 549 g/mol. The standard InChI is InChI=1S/C30H33N5O3.2ClH/c1-21(35-18-16-32-17-19-35)24-12-9-22(10-13-24)11-14-26-25(8-5-15-33-26)30(38)34-27(28(36)29(31)37)20-23-6-3-2-4-7-23;;/h2-15,21,27,32H,16-20H2,1H3,(H2,31,37)(H,34,38);2*1H/b14-11+;;. The second kappa shape index (κ2) is 15.9. The van der Waals surface area contributed by atoms with Crippen LogP contribution >= 0.6 is 24.8 Å². The molecular formula is C30H35Cl2N5O3. The lowest BCUT2D eigenvalue weighted by atomic mass is 10.0. The van der Waals surface area contributed by atoms with Crippen LogP contribution in [0.1, 0.15) is 45.7 Å². The van der Waals surface area contributed by atoms with Gasteiger partial charge in [0.2, 0.25) is 5.78 Å². The maximum absolute atomic E-state index is 13.2. The van der Waals surface area contributed by atoms with Crippen molar-refractivity contribution in [2.45, 2.75) is 25.4 Å². The maximum atomic E-state index is 13.2. The number of hydrogen-bond acceptors (Lipinski definition) is 6. The topological polar surface area (TPSA) is 117 Å². The molecule has 0 spiro atoms. The molecule has 2 heterocycles. The lowest BCUT2D eigenvalue weighted by Gasteiger charge is -2.33. The largest absolute Gasteiger partial charge is 0.363 e. The van der Waals surface area contributed by atoms with Crippen molar-refractivity contribution in [3.8, 4) is 0 Å². The zero-order valence-electron chi connectivity index (χ0n) is 22.3. The predicted molar refractivity (Wildman–Crippen MR) is 163 cm³/mol. The van der Waals surface area contributed by atoms with E-state index in [0.717, 1.165) is 37.3 Å². The van der Waals surface area contributed by atoms with Gasteiger partial charge in [0.25, 0.3) is 11.8 Å². The highest BCUT2D eigenvalue weighted by molar-refractivity contribution is 6.38. The average molecular weight is 585 g/mol. The quantitative estimate of drug-likeness (QED) is 0.315. The molecule has 1 aliphatic heterocycles. The first kappa shape index (κ1) is 32.7. The number of pyridine rings is 1. The molecule has 2 aromatic carbocycles. The van der Waals surface area contributed by atoms with Crippen LogP contribution in [0.5, 0.6) is 0 Å². The summed E-state index contributed by atoms with van der Waals surface area (Å²) in [5, 5.41) is 6.06. The highest BCUT2D eigenvalue weighted by Gasteiger charge is 2.26. The molecule has 2 unspecified atom stereocenters. The van der Waals surface area contributed by atoms with Crippen molar-refractivity contribution in [1.82, 2.24) is 20.5 Å². The fourth-order valence-corrected chi connectivity index (χ4v) is 4.55. The number of carbonyl (C=O) groups is 3. The Kier molecular flexibility index (Phi) is 13.0. The Morgan fingerprint density at radius 3 is 2.30 bits per heavy atom. The number of nitrogens with one attached hydrogen (secondary N) is 2. The van der Waals surface area contributed by atoms with Crippen molar-refractivity contribution in [3.63, 3.8) is 0 Å². The van der Waals surface area contributed by atoms with Crippen molar-refractivity contribution < 1.29 is 14.4 Å². The molecule has 10 heteroatoms. The van der Waals surface area contributed by atoms with Gasteiger partial charge in [-0.3, -0.25) is 24.3 Å². The van der Waals surface area contributed by atoms with Gasteiger partial charge in [0, 0.05) is 44.8 Å². The number of Topliss-reactive ketones (excluding diaryl/α,β-unsaturated/α-hetero) is 1. The van der Waals surface area contributed by atoms with E-state index < -0.39 is 23.6 Å². The normalized spacial score (nSPS) is 14.8. The number of halogens is 2. The number of carbonyl (C=O) groups excluding carboxylic acids is 3. The van der Waals surface area contributed by atoms with Gasteiger partial charge in [-0.15, -0.1) is 24.8 Å².